The van der Waals surface area contributed by atoms with Crippen LogP contribution in [-0.4, -0.2) is 17.3 Å². The number of hydrazone groups is 1. The zero-order valence-electron chi connectivity index (χ0n) is 11.7. The minimum atomic E-state index is -0.247. The predicted molar refractivity (Wildman–Crippen MR) is 82.2 cm³/mol. The van der Waals surface area contributed by atoms with E-state index in [1.165, 1.54) is 0 Å². The van der Waals surface area contributed by atoms with Gasteiger partial charge in [-0.25, -0.2) is 0 Å². The van der Waals surface area contributed by atoms with Crippen molar-refractivity contribution in [1.29, 1.82) is 10.5 Å². The maximum absolute atomic E-state index is 8.66. The van der Waals surface area contributed by atoms with Gasteiger partial charge in [0.25, 0.3) is 0 Å². The van der Waals surface area contributed by atoms with Crippen molar-refractivity contribution in [2.75, 3.05) is 12.0 Å². The number of pyridine rings is 1. The summed E-state index contributed by atoms with van der Waals surface area (Å²) in [6.45, 7) is 0.461. The van der Waals surface area contributed by atoms with Crippen molar-refractivity contribution < 1.29 is 4.74 Å². The number of anilines is 1. The summed E-state index contributed by atoms with van der Waals surface area (Å²) in [6.07, 6.45) is 2.42. The number of nitrogens with one attached hydrogen (secondary N) is 1. The summed E-state index contributed by atoms with van der Waals surface area (Å²) in [5.74, 6) is 0.595. The number of rotatable bonds is 6. The molecule has 0 aliphatic carbocycles. The molecule has 6 heteroatoms. The molecular weight excluding hydrogens is 278 g/mol. The quantitative estimate of drug-likeness (QED) is 0.652. The van der Waals surface area contributed by atoms with E-state index in [4.69, 9.17) is 15.3 Å². The van der Waals surface area contributed by atoms with Crippen LogP contribution < -0.4 is 10.2 Å². The first kappa shape index (κ1) is 15.0. The first-order valence-electron chi connectivity index (χ1n) is 6.59. The fourth-order valence-electron chi connectivity index (χ4n) is 1.69. The molecule has 0 aliphatic heterocycles. The lowest BCUT2D eigenvalue weighted by atomic mass is 10.3. The van der Waals surface area contributed by atoms with E-state index in [9.17, 15) is 0 Å². The van der Waals surface area contributed by atoms with Crippen LogP contribution in [0.2, 0.25) is 0 Å². The molecule has 2 aromatic rings. The molecule has 1 heterocycles. The van der Waals surface area contributed by atoms with E-state index < -0.39 is 0 Å². The molecule has 1 aromatic heterocycles. The van der Waals surface area contributed by atoms with Crippen LogP contribution in [0.15, 0.2) is 53.8 Å². The van der Waals surface area contributed by atoms with Crippen molar-refractivity contribution in [2.45, 2.75) is 6.42 Å². The Kier molecular flexibility index (Phi) is 5.48. The van der Waals surface area contributed by atoms with E-state index in [1.54, 1.807) is 30.5 Å². The fourth-order valence-corrected chi connectivity index (χ4v) is 1.69. The third-order valence-electron chi connectivity index (χ3n) is 2.73. The largest absolute Gasteiger partial charge is 0.491 e. The van der Waals surface area contributed by atoms with Gasteiger partial charge in [-0.1, -0.05) is 18.2 Å². The van der Waals surface area contributed by atoms with E-state index in [-0.39, 0.29) is 5.71 Å². The third-order valence-corrected chi connectivity index (χ3v) is 2.73. The molecule has 0 unspecified atom stereocenters. The highest BCUT2D eigenvalue weighted by Gasteiger charge is 2.03. The highest BCUT2D eigenvalue weighted by molar-refractivity contribution is 6.10. The first-order valence-corrected chi connectivity index (χ1v) is 6.59. The van der Waals surface area contributed by atoms with Crippen molar-refractivity contribution in [1.82, 2.24) is 4.98 Å². The van der Waals surface area contributed by atoms with Crippen LogP contribution in [0, 0.1) is 22.7 Å². The fraction of sp³-hybridized carbons (Fsp3) is 0.125. The van der Waals surface area contributed by atoms with Crippen molar-refractivity contribution in [3.05, 3.63) is 54.4 Å². The smallest absolute Gasteiger partial charge is 0.237 e. The number of benzene rings is 1. The number of aromatic nitrogens is 1. The maximum atomic E-state index is 8.66. The molecule has 0 saturated heterocycles. The van der Waals surface area contributed by atoms with Crippen LogP contribution >= 0.6 is 0 Å². The molecule has 108 valence electrons. The Bertz CT molecular complexity index is 712. The van der Waals surface area contributed by atoms with Gasteiger partial charge in [-0.15, -0.1) is 0 Å². The maximum Gasteiger partial charge on any atom is 0.237 e. The van der Waals surface area contributed by atoms with E-state index in [0.29, 0.717) is 24.5 Å². The van der Waals surface area contributed by atoms with Gasteiger partial charge in [-0.05, 0) is 24.3 Å². The van der Waals surface area contributed by atoms with E-state index >= 15 is 0 Å². The number of nitrogens with zero attached hydrogens (tertiary/aromatic N) is 4. The van der Waals surface area contributed by atoms with Crippen molar-refractivity contribution in [3.8, 4) is 17.9 Å². The number of hydrogen-bond acceptors (Lipinski definition) is 6. The Morgan fingerprint density at radius 1 is 1.14 bits per heavy atom. The van der Waals surface area contributed by atoms with Crippen LogP contribution in [0.5, 0.6) is 5.75 Å². The standard InChI is InChI=1S/C16H13N5O/c17-11-14(12-18)20-21-15-6-1-2-7-16(15)22-10-8-13-5-3-4-9-19-13/h1-7,9,21H,8,10H2. The highest BCUT2D eigenvalue weighted by Crippen LogP contribution is 2.23. The molecule has 22 heavy (non-hydrogen) atoms. The zero-order valence-corrected chi connectivity index (χ0v) is 11.7. The number of hydrogen-bond donors (Lipinski definition) is 1. The predicted octanol–water partition coefficient (Wildman–Crippen LogP) is 2.52. The van der Waals surface area contributed by atoms with Gasteiger partial charge in [0, 0.05) is 18.3 Å². The van der Waals surface area contributed by atoms with Crippen LogP contribution in [0.4, 0.5) is 5.69 Å². The molecule has 0 bridgehead atoms. The Balaban J connectivity index is 1.98. The molecule has 0 atom stereocenters. The second kappa shape index (κ2) is 8.03. The van der Waals surface area contributed by atoms with Crippen molar-refractivity contribution in [2.24, 2.45) is 5.10 Å². The molecule has 0 saturated carbocycles. The molecule has 0 aliphatic rings. The Labute approximate surface area is 128 Å². The third kappa shape index (κ3) is 4.32. The van der Waals surface area contributed by atoms with E-state index in [2.05, 4.69) is 15.5 Å². The van der Waals surface area contributed by atoms with Gasteiger partial charge >= 0.3 is 0 Å². The molecule has 2 rings (SSSR count). The van der Waals surface area contributed by atoms with Gasteiger partial charge < -0.3 is 4.74 Å². The van der Waals surface area contributed by atoms with Crippen LogP contribution in [0.25, 0.3) is 0 Å². The Morgan fingerprint density at radius 3 is 2.64 bits per heavy atom. The molecule has 0 fully saturated rings. The van der Waals surface area contributed by atoms with Crippen molar-refractivity contribution in [3.63, 3.8) is 0 Å². The second-order valence-electron chi connectivity index (χ2n) is 4.21. The summed E-state index contributed by atoms with van der Waals surface area (Å²) < 4.78 is 5.70. The lowest BCUT2D eigenvalue weighted by molar-refractivity contribution is 0.322. The van der Waals surface area contributed by atoms with E-state index in [1.807, 2.05) is 30.3 Å². The molecule has 1 aromatic carbocycles. The average molecular weight is 291 g/mol. The average Bonchev–Trinajstić information content (AvgIpc) is 2.58. The summed E-state index contributed by atoms with van der Waals surface area (Å²) in [4.78, 5) is 4.22. The highest BCUT2D eigenvalue weighted by atomic mass is 16.5. The SMILES string of the molecule is N#CC(C#N)=NNc1ccccc1OCCc1ccccn1. The van der Waals surface area contributed by atoms with Gasteiger partial charge in [0.2, 0.25) is 5.71 Å². The lowest BCUT2D eigenvalue weighted by Gasteiger charge is -2.10. The van der Waals surface area contributed by atoms with Gasteiger partial charge in [-0.3, -0.25) is 10.4 Å². The number of para-hydroxylation sites is 2. The molecule has 6 nitrogen and oxygen atoms in total. The van der Waals surface area contributed by atoms with Crippen LogP contribution in [0.1, 0.15) is 5.69 Å². The molecule has 0 radical (unpaired) electrons. The summed E-state index contributed by atoms with van der Waals surface area (Å²) in [7, 11) is 0. The van der Waals surface area contributed by atoms with Gasteiger partial charge in [0.05, 0.1) is 12.3 Å². The van der Waals surface area contributed by atoms with Gasteiger partial charge in [-0.2, -0.15) is 15.6 Å². The lowest BCUT2D eigenvalue weighted by Crippen LogP contribution is -2.05. The second-order valence-corrected chi connectivity index (χ2v) is 4.21. The Morgan fingerprint density at radius 2 is 1.91 bits per heavy atom. The zero-order chi connectivity index (χ0) is 15.6. The summed E-state index contributed by atoms with van der Waals surface area (Å²) in [5.41, 5.74) is 3.96. The molecule has 1 N–H and O–H groups in total. The minimum absolute atomic E-state index is 0.247. The van der Waals surface area contributed by atoms with Crippen molar-refractivity contribution >= 4 is 11.4 Å². The molecule has 0 amide bonds. The minimum Gasteiger partial charge on any atom is -0.491 e. The number of ether oxygens (including phenoxy) is 1. The molecule has 0 spiro atoms. The van der Waals surface area contributed by atoms with Crippen LogP contribution in [0.3, 0.4) is 0 Å². The van der Waals surface area contributed by atoms with Gasteiger partial charge in [0.1, 0.15) is 17.9 Å². The monoisotopic (exact) mass is 291 g/mol. The normalized spacial score (nSPS) is 9.18. The van der Waals surface area contributed by atoms with Gasteiger partial charge in [0.15, 0.2) is 0 Å². The topological polar surface area (TPSA) is 94.1 Å². The molecular formula is C16H13N5O. The van der Waals surface area contributed by atoms with E-state index in [0.717, 1.165) is 5.69 Å². The summed E-state index contributed by atoms with van der Waals surface area (Å²) >= 11 is 0. The Hall–Kier alpha value is -3.38. The van der Waals surface area contributed by atoms with Crippen LogP contribution in [-0.2, 0) is 6.42 Å². The first-order chi connectivity index (χ1) is 10.8. The summed E-state index contributed by atoms with van der Waals surface area (Å²) in [6, 6.07) is 16.3. The number of nitriles is 2. The summed E-state index contributed by atoms with van der Waals surface area (Å²) in [5, 5.41) is 21.0.